The molecule has 2 aliphatic rings. The number of carboxylic acid groups (broad SMARTS) is 2. The molecule has 0 bridgehead atoms. The highest BCUT2D eigenvalue weighted by atomic mass is 16.4. The molecule has 0 spiro atoms. The summed E-state index contributed by atoms with van der Waals surface area (Å²) in [7, 11) is 0. The average molecular weight is 214 g/mol. The number of likely N-dealkylation sites (tertiary alicyclic amines) is 2. The highest BCUT2D eigenvalue weighted by molar-refractivity contribution is 5.66. The maximum Gasteiger partial charge on any atom is 0.407 e. The minimum atomic E-state index is -0.901. The van der Waals surface area contributed by atoms with Gasteiger partial charge < -0.3 is 20.0 Å². The molecule has 2 heterocycles. The SMILES string of the molecule is O=C(O)N1CCC2CN(C(=O)O)CC2C1. The van der Waals surface area contributed by atoms with Crippen LogP contribution in [-0.2, 0) is 0 Å². The lowest BCUT2D eigenvalue weighted by molar-refractivity contribution is 0.110. The van der Waals surface area contributed by atoms with Crippen LogP contribution in [0.5, 0.6) is 0 Å². The fourth-order valence-corrected chi connectivity index (χ4v) is 2.50. The molecule has 2 saturated heterocycles. The summed E-state index contributed by atoms with van der Waals surface area (Å²) in [5.41, 5.74) is 0. The molecule has 6 heteroatoms. The fraction of sp³-hybridized carbons (Fsp3) is 0.778. The molecule has 2 atom stereocenters. The Morgan fingerprint density at radius 3 is 2.07 bits per heavy atom. The Bertz CT molecular complexity index is 282. The molecular weight excluding hydrogens is 200 g/mol. The minimum Gasteiger partial charge on any atom is -0.465 e. The van der Waals surface area contributed by atoms with E-state index in [0.29, 0.717) is 32.1 Å². The second-order valence-corrected chi connectivity index (χ2v) is 4.22. The number of nitrogens with zero attached hydrogens (tertiary/aromatic N) is 2. The van der Waals surface area contributed by atoms with Gasteiger partial charge in [-0.1, -0.05) is 0 Å². The number of carbonyl (C=O) groups is 2. The summed E-state index contributed by atoms with van der Waals surface area (Å²) in [6.45, 7) is 2.05. The van der Waals surface area contributed by atoms with E-state index in [0.717, 1.165) is 6.42 Å². The van der Waals surface area contributed by atoms with Crippen LogP contribution in [-0.4, -0.2) is 58.4 Å². The van der Waals surface area contributed by atoms with Crippen molar-refractivity contribution in [2.75, 3.05) is 26.2 Å². The summed E-state index contributed by atoms with van der Waals surface area (Å²) in [5, 5.41) is 17.7. The van der Waals surface area contributed by atoms with Gasteiger partial charge in [0, 0.05) is 26.2 Å². The van der Waals surface area contributed by atoms with Crippen molar-refractivity contribution in [1.29, 1.82) is 0 Å². The number of fused-ring (bicyclic) bond motifs is 1. The van der Waals surface area contributed by atoms with E-state index in [1.807, 2.05) is 0 Å². The molecule has 0 aromatic heterocycles. The molecular formula is C9H14N2O4. The van der Waals surface area contributed by atoms with Gasteiger partial charge in [-0.2, -0.15) is 0 Å². The monoisotopic (exact) mass is 214 g/mol. The average Bonchev–Trinajstić information content (AvgIpc) is 2.59. The van der Waals surface area contributed by atoms with Gasteiger partial charge in [0.05, 0.1) is 0 Å². The standard InChI is InChI=1S/C9H14N2O4/c12-8(13)10-2-1-6-3-11(9(14)15)5-7(6)4-10/h6-7H,1-5H2,(H,12,13)(H,14,15). The quantitative estimate of drug-likeness (QED) is 0.618. The number of amides is 2. The number of rotatable bonds is 0. The zero-order valence-corrected chi connectivity index (χ0v) is 8.30. The Balaban J connectivity index is 1.98. The molecule has 0 radical (unpaired) electrons. The third-order valence-electron chi connectivity index (χ3n) is 3.34. The molecule has 0 saturated carbocycles. The van der Waals surface area contributed by atoms with E-state index in [4.69, 9.17) is 10.2 Å². The van der Waals surface area contributed by atoms with Gasteiger partial charge in [0.15, 0.2) is 0 Å². The molecule has 2 fully saturated rings. The third-order valence-corrected chi connectivity index (χ3v) is 3.34. The van der Waals surface area contributed by atoms with Crippen molar-refractivity contribution in [2.24, 2.45) is 11.8 Å². The first-order valence-corrected chi connectivity index (χ1v) is 5.03. The lowest BCUT2D eigenvalue weighted by Crippen LogP contribution is -2.42. The largest absolute Gasteiger partial charge is 0.465 e. The van der Waals surface area contributed by atoms with Crippen molar-refractivity contribution >= 4 is 12.2 Å². The van der Waals surface area contributed by atoms with E-state index in [9.17, 15) is 9.59 Å². The van der Waals surface area contributed by atoms with Gasteiger partial charge in [-0.05, 0) is 18.3 Å². The maximum absolute atomic E-state index is 10.8. The number of piperidine rings is 1. The van der Waals surface area contributed by atoms with Crippen LogP contribution < -0.4 is 0 Å². The molecule has 2 N–H and O–H groups in total. The smallest absolute Gasteiger partial charge is 0.407 e. The predicted octanol–water partition coefficient (Wildman–Crippen LogP) is 0.596. The van der Waals surface area contributed by atoms with E-state index in [2.05, 4.69) is 0 Å². The van der Waals surface area contributed by atoms with Gasteiger partial charge >= 0.3 is 12.2 Å². The van der Waals surface area contributed by atoms with Crippen LogP contribution >= 0.6 is 0 Å². The number of hydrogen-bond donors (Lipinski definition) is 2. The summed E-state index contributed by atoms with van der Waals surface area (Å²) in [4.78, 5) is 24.3. The van der Waals surface area contributed by atoms with Gasteiger partial charge in [-0.15, -0.1) is 0 Å². The summed E-state index contributed by atoms with van der Waals surface area (Å²) in [6, 6.07) is 0. The van der Waals surface area contributed by atoms with Gasteiger partial charge in [-0.25, -0.2) is 9.59 Å². The third kappa shape index (κ3) is 1.84. The van der Waals surface area contributed by atoms with Gasteiger partial charge in [0.25, 0.3) is 0 Å². The Hall–Kier alpha value is -1.46. The molecule has 2 amide bonds. The van der Waals surface area contributed by atoms with Crippen LogP contribution in [0.2, 0.25) is 0 Å². The molecule has 0 aliphatic carbocycles. The normalized spacial score (nSPS) is 30.1. The van der Waals surface area contributed by atoms with Gasteiger partial charge in [0.2, 0.25) is 0 Å². The van der Waals surface area contributed by atoms with E-state index >= 15 is 0 Å². The van der Waals surface area contributed by atoms with Crippen LogP contribution in [0.4, 0.5) is 9.59 Å². The van der Waals surface area contributed by atoms with Crippen molar-refractivity contribution in [3.05, 3.63) is 0 Å². The zero-order chi connectivity index (χ0) is 11.0. The molecule has 84 valence electrons. The summed E-state index contributed by atoms with van der Waals surface area (Å²) >= 11 is 0. The Morgan fingerprint density at radius 1 is 0.933 bits per heavy atom. The lowest BCUT2D eigenvalue weighted by Gasteiger charge is -2.32. The molecule has 2 aliphatic heterocycles. The van der Waals surface area contributed by atoms with Gasteiger partial charge in [-0.3, -0.25) is 0 Å². The molecule has 6 nitrogen and oxygen atoms in total. The Labute approximate surface area is 87.1 Å². The van der Waals surface area contributed by atoms with E-state index in [-0.39, 0.29) is 5.92 Å². The summed E-state index contributed by atoms with van der Waals surface area (Å²) in [5.74, 6) is 0.530. The van der Waals surface area contributed by atoms with E-state index in [1.54, 1.807) is 0 Å². The highest BCUT2D eigenvalue weighted by Gasteiger charge is 2.39. The van der Waals surface area contributed by atoms with Crippen LogP contribution in [0.1, 0.15) is 6.42 Å². The molecule has 15 heavy (non-hydrogen) atoms. The van der Waals surface area contributed by atoms with Crippen LogP contribution in [0.15, 0.2) is 0 Å². The molecule has 2 unspecified atom stereocenters. The van der Waals surface area contributed by atoms with E-state index in [1.165, 1.54) is 9.80 Å². The first-order valence-electron chi connectivity index (χ1n) is 5.03. The summed E-state index contributed by atoms with van der Waals surface area (Å²) < 4.78 is 0. The maximum atomic E-state index is 10.8. The predicted molar refractivity (Wildman–Crippen MR) is 50.8 cm³/mol. The molecule has 0 aromatic rings. The van der Waals surface area contributed by atoms with Crippen LogP contribution in [0.3, 0.4) is 0 Å². The minimum absolute atomic E-state index is 0.186. The highest BCUT2D eigenvalue weighted by Crippen LogP contribution is 2.30. The van der Waals surface area contributed by atoms with E-state index < -0.39 is 12.2 Å². The second-order valence-electron chi connectivity index (χ2n) is 4.22. The summed E-state index contributed by atoms with van der Waals surface area (Å²) in [6.07, 6.45) is -1.02. The van der Waals surface area contributed by atoms with Crippen molar-refractivity contribution in [2.45, 2.75) is 6.42 Å². The zero-order valence-electron chi connectivity index (χ0n) is 8.30. The van der Waals surface area contributed by atoms with Crippen LogP contribution in [0, 0.1) is 11.8 Å². The number of hydrogen-bond acceptors (Lipinski definition) is 2. The lowest BCUT2D eigenvalue weighted by atomic mass is 9.89. The second kappa shape index (κ2) is 3.60. The first-order chi connectivity index (χ1) is 7.08. The van der Waals surface area contributed by atoms with Crippen molar-refractivity contribution < 1.29 is 19.8 Å². The van der Waals surface area contributed by atoms with Crippen LogP contribution in [0.25, 0.3) is 0 Å². The van der Waals surface area contributed by atoms with Gasteiger partial charge in [0.1, 0.15) is 0 Å². The fourth-order valence-electron chi connectivity index (χ4n) is 2.50. The Kier molecular flexibility index (Phi) is 2.42. The van der Waals surface area contributed by atoms with Crippen molar-refractivity contribution in [3.8, 4) is 0 Å². The molecule has 2 rings (SSSR count). The van der Waals surface area contributed by atoms with Crippen molar-refractivity contribution in [1.82, 2.24) is 9.80 Å². The Morgan fingerprint density at radius 2 is 1.47 bits per heavy atom. The molecule has 0 aromatic carbocycles. The van der Waals surface area contributed by atoms with Crippen molar-refractivity contribution in [3.63, 3.8) is 0 Å². The topological polar surface area (TPSA) is 81.1 Å². The first kappa shape index (κ1) is 10.1.